The molecule has 1 aliphatic heterocycles. The van der Waals surface area contributed by atoms with Gasteiger partial charge in [-0.2, -0.15) is 21.0 Å². The van der Waals surface area contributed by atoms with Crippen molar-refractivity contribution >= 4 is 6.03 Å². The molecule has 1 N–H and O–H groups in total. The second-order valence-electron chi connectivity index (χ2n) is 6.11. The molecule has 1 aliphatic rings. The number of nitrogens with zero attached hydrogens (tertiary/aromatic N) is 8. The minimum Gasteiger partial charge on any atom is -0.336 e. The third-order valence-corrected chi connectivity index (χ3v) is 4.27. The molecule has 0 aromatic carbocycles. The largest absolute Gasteiger partial charge is 0.336 e. The van der Waals surface area contributed by atoms with Crippen LogP contribution in [0.3, 0.4) is 0 Å². The summed E-state index contributed by atoms with van der Waals surface area (Å²) >= 11 is 0. The Kier molecular flexibility index (Phi) is 10.9. The van der Waals surface area contributed by atoms with E-state index in [2.05, 4.69) is 34.5 Å². The number of rotatable bonds is 13. The molecule has 1 rings (SSSR count). The molecular weight excluding hydrogens is 346 g/mol. The van der Waals surface area contributed by atoms with Gasteiger partial charge in [-0.15, -0.1) is 0 Å². The van der Waals surface area contributed by atoms with Crippen LogP contribution in [0.2, 0.25) is 0 Å². The van der Waals surface area contributed by atoms with E-state index < -0.39 is 0 Å². The molecule has 27 heavy (non-hydrogen) atoms. The maximum atomic E-state index is 11.7. The topological polar surface area (TPSA) is 137 Å². The summed E-state index contributed by atoms with van der Waals surface area (Å²) in [6.45, 7) is 5.68. The minimum absolute atomic E-state index is 0.0684. The highest BCUT2D eigenvalue weighted by atomic mass is 16.2. The monoisotopic (exact) mass is 371 g/mol. The van der Waals surface area contributed by atoms with Gasteiger partial charge in [-0.25, -0.2) is 4.79 Å². The van der Waals surface area contributed by atoms with Crippen molar-refractivity contribution in [1.82, 2.24) is 24.9 Å². The Hall–Kier alpha value is -2.89. The van der Waals surface area contributed by atoms with Crippen molar-refractivity contribution in [3.8, 4) is 24.3 Å². The van der Waals surface area contributed by atoms with Crippen molar-refractivity contribution in [2.24, 2.45) is 0 Å². The number of carbonyl (C=O) groups is 1. The fourth-order valence-electron chi connectivity index (χ4n) is 2.72. The lowest BCUT2D eigenvalue weighted by molar-refractivity contribution is 0.177. The number of hydrogen-bond donors (Lipinski definition) is 1. The lowest BCUT2D eigenvalue weighted by Gasteiger charge is -2.28. The number of amides is 2. The number of urea groups is 1. The standard InChI is InChI=1S/C17H25N9O/c18-1-6-23(7-2-19)11-13-25(14-12-24(8-3-20)9-4-21)15-16-26-10-5-22-17(26)27/h5-16H2,(H,22,27). The Balaban J connectivity index is 2.59. The number of hydrogen-bond acceptors (Lipinski definition) is 8. The lowest BCUT2D eigenvalue weighted by atomic mass is 10.3. The molecule has 1 saturated heterocycles. The van der Waals surface area contributed by atoms with E-state index in [-0.39, 0.29) is 32.2 Å². The summed E-state index contributed by atoms with van der Waals surface area (Å²) in [5.74, 6) is 0. The Morgan fingerprint density at radius 2 is 1.22 bits per heavy atom. The molecular formula is C17H25N9O. The molecule has 0 aromatic heterocycles. The number of carbonyl (C=O) groups excluding carboxylic acids is 1. The zero-order valence-corrected chi connectivity index (χ0v) is 15.5. The average molecular weight is 371 g/mol. The van der Waals surface area contributed by atoms with Gasteiger partial charge in [0, 0.05) is 52.4 Å². The summed E-state index contributed by atoms with van der Waals surface area (Å²) < 4.78 is 0. The molecule has 0 atom stereocenters. The van der Waals surface area contributed by atoms with Crippen LogP contribution in [0, 0.1) is 45.3 Å². The molecule has 0 aliphatic carbocycles. The Morgan fingerprint density at radius 1 is 0.778 bits per heavy atom. The summed E-state index contributed by atoms with van der Waals surface area (Å²) in [7, 11) is 0. The predicted molar refractivity (Wildman–Crippen MR) is 96.7 cm³/mol. The van der Waals surface area contributed by atoms with Crippen molar-refractivity contribution in [1.29, 1.82) is 21.0 Å². The smallest absolute Gasteiger partial charge is 0.317 e. The normalized spacial score (nSPS) is 13.3. The molecule has 0 saturated carbocycles. The molecule has 10 heteroatoms. The summed E-state index contributed by atoms with van der Waals surface area (Å²) in [4.78, 5) is 19.1. The van der Waals surface area contributed by atoms with E-state index in [4.69, 9.17) is 21.0 Å². The number of nitriles is 4. The zero-order chi connectivity index (χ0) is 19.9. The minimum atomic E-state index is -0.0684. The molecule has 2 amide bonds. The summed E-state index contributed by atoms with van der Waals surface area (Å²) in [6, 6.07) is 8.16. The molecule has 1 heterocycles. The maximum absolute atomic E-state index is 11.7. The summed E-state index contributed by atoms with van der Waals surface area (Å²) in [5.41, 5.74) is 0. The van der Waals surface area contributed by atoms with E-state index >= 15 is 0 Å². The van der Waals surface area contributed by atoms with Gasteiger partial charge in [0.25, 0.3) is 0 Å². The van der Waals surface area contributed by atoms with Crippen LogP contribution in [0.5, 0.6) is 0 Å². The van der Waals surface area contributed by atoms with Crippen molar-refractivity contribution in [2.75, 3.05) is 78.5 Å². The third kappa shape index (κ3) is 8.85. The molecule has 1 fully saturated rings. The van der Waals surface area contributed by atoms with Crippen LogP contribution < -0.4 is 5.32 Å². The first-order valence-corrected chi connectivity index (χ1v) is 8.82. The highest BCUT2D eigenvalue weighted by Crippen LogP contribution is 2.00. The zero-order valence-electron chi connectivity index (χ0n) is 15.5. The molecule has 10 nitrogen and oxygen atoms in total. The van der Waals surface area contributed by atoms with Crippen LogP contribution in [-0.2, 0) is 0 Å². The fraction of sp³-hybridized carbons (Fsp3) is 0.706. The van der Waals surface area contributed by atoms with Crippen molar-refractivity contribution < 1.29 is 4.79 Å². The van der Waals surface area contributed by atoms with Gasteiger partial charge in [0.2, 0.25) is 0 Å². The van der Waals surface area contributed by atoms with Crippen LogP contribution in [0.15, 0.2) is 0 Å². The first kappa shape index (κ1) is 22.2. The lowest BCUT2D eigenvalue weighted by Crippen LogP contribution is -2.44. The Morgan fingerprint density at radius 3 is 1.59 bits per heavy atom. The Bertz CT molecular complexity index is 552. The van der Waals surface area contributed by atoms with Crippen molar-refractivity contribution in [3.63, 3.8) is 0 Å². The molecule has 0 unspecified atom stereocenters. The van der Waals surface area contributed by atoms with Crippen LogP contribution in [-0.4, -0.2) is 104 Å². The quantitative estimate of drug-likeness (QED) is 0.407. The van der Waals surface area contributed by atoms with Gasteiger partial charge < -0.3 is 10.2 Å². The average Bonchev–Trinajstić information content (AvgIpc) is 3.06. The molecule has 0 aromatic rings. The highest BCUT2D eigenvalue weighted by Gasteiger charge is 2.20. The molecule has 0 radical (unpaired) electrons. The molecule has 144 valence electrons. The summed E-state index contributed by atoms with van der Waals surface area (Å²) in [5, 5.41) is 38.2. The van der Waals surface area contributed by atoms with Gasteiger partial charge in [0.1, 0.15) is 0 Å². The van der Waals surface area contributed by atoms with E-state index in [1.54, 1.807) is 14.7 Å². The molecule has 0 bridgehead atoms. The van der Waals surface area contributed by atoms with Crippen LogP contribution in [0.4, 0.5) is 4.79 Å². The Labute approximate surface area is 160 Å². The fourth-order valence-corrected chi connectivity index (χ4v) is 2.72. The second kappa shape index (κ2) is 13.3. The van der Waals surface area contributed by atoms with Crippen LogP contribution in [0.1, 0.15) is 0 Å². The third-order valence-electron chi connectivity index (χ3n) is 4.27. The second-order valence-corrected chi connectivity index (χ2v) is 6.11. The van der Waals surface area contributed by atoms with Crippen LogP contribution >= 0.6 is 0 Å². The van der Waals surface area contributed by atoms with E-state index in [9.17, 15) is 4.79 Å². The van der Waals surface area contributed by atoms with Gasteiger partial charge in [-0.1, -0.05) is 0 Å². The van der Waals surface area contributed by atoms with E-state index in [0.29, 0.717) is 52.4 Å². The van der Waals surface area contributed by atoms with Gasteiger partial charge in [-0.3, -0.25) is 14.7 Å². The highest BCUT2D eigenvalue weighted by molar-refractivity contribution is 5.76. The van der Waals surface area contributed by atoms with E-state index in [1.807, 2.05) is 0 Å². The predicted octanol–water partition coefficient (Wildman–Crippen LogP) is -0.988. The van der Waals surface area contributed by atoms with Gasteiger partial charge in [0.05, 0.1) is 50.5 Å². The van der Waals surface area contributed by atoms with E-state index in [1.165, 1.54) is 0 Å². The van der Waals surface area contributed by atoms with E-state index in [0.717, 1.165) is 0 Å². The maximum Gasteiger partial charge on any atom is 0.317 e. The number of nitrogens with one attached hydrogen (secondary N) is 1. The molecule has 0 spiro atoms. The van der Waals surface area contributed by atoms with Gasteiger partial charge >= 0.3 is 6.03 Å². The van der Waals surface area contributed by atoms with Gasteiger partial charge in [-0.05, 0) is 0 Å². The summed E-state index contributed by atoms with van der Waals surface area (Å²) in [6.07, 6.45) is 0. The van der Waals surface area contributed by atoms with Crippen LogP contribution in [0.25, 0.3) is 0 Å². The first-order chi connectivity index (χ1) is 13.1. The van der Waals surface area contributed by atoms with Gasteiger partial charge in [0.15, 0.2) is 0 Å². The van der Waals surface area contributed by atoms with Crippen molar-refractivity contribution in [3.05, 3.63) is 0 Å². The van der Waals surface area contributed by atoms with Crippen molar-refractivity contribution in [2.45, 2.75) is 0 Å². The first-order valence-electron chi connectivity index (χ1n) is 8.82. The SMILES string of the molecule is N#CCN(CC#N)CCN(CCN(CC#N)CC#N)CCN1CCNC1=O.